The van der Waals surface area contributed by atoms with Gasteiger partial charge >= 0.3 is 0 Å². The molecule has 4 rings (SSSR count). The molecule has 0 aliphatic carbocycles. The predicted octanol–water partition coefficient (Wildman–Crippen LogP) is 4.21. The summed E-state index contributed by atoms with van der Waals surface area (Å²) >= 11 is 1.61. The molecule has 2 aromatic heterocycles. The number of rotatable bonds is 6. The minimum Gasteiger partial charge on any atom is -0.489 e. The van der Waals surface area contributed by atoms with Crippen molar-refractivity contribution in [1.82, 2.24) is 14.9 Å². The molecule has 28 heavy (non-hydrogen) atoms. The van der Waals surface area contributed by atoms with E-state index in [2.05, 4.69) is 9.97 Å². The molecule has 0 spiro atoms. The Labute approximate surface area is 169 Å². The number of likely N-dealkylation sites (tertiary alicyclic amines) is 1. The topological polar surface area (TPSA) is 55.3 Å². The van der Waals surface area contributed by atoms with Crippen LogP contribution in [0.5, 0.6) is 5.75 Å². The summed E-state index contributed by atoms with van der Waals surface area (Å²) in [6.45, 7) is 1.47. The number of hydrogen-bond donors (Lipinski definition) is 0. The number of piperidine rings is 1. The van der Waals surface area contributed by atoms with Crippen molar-refractivity contribution in [3.8, 4) is 16.3 Å². The quantitative estimate of drug-likeness (QED) is 0.630. The van der Waals surface area contributed by atoms with Gasteiger partial charge in [0.25, 0.3) is 0 Å². The zero-order chi connectivity index (χ0) is 19.2. The molecule has 1 fully saturated rings. The van der Waals surface area contributed by atoms with Gasteiger partial charge in [0.2, 0.25) is 5.91 Å². The Kier molecular flexibility index (Phi) is 5.97. The van der Waals surface area contributed by atoms with E-state index in [9.17, 15) is 4.79 Å². The molecule has 1 atom stereocenters. The van der Waals surface area contributed by atoms with E-state index in [-0.39, 0.29) is 12.0 Å². The van der Waals surface area contributed by atoms with E-state index < -0.39 is 0 Å². The molecule has 3 aromatic rings. The Morgan fingerprint density at radius 3 is 2.82 bits per heavy atom. The summed E-state index contributed by atoms with van der Waals surface area (Å²) in [7, 11) is 0. The number of carbonyl (C=O) groups excluding carboxylic acids is 1. The Morgan fingerprint density at radius 1 is 1.18 bits per heavy atom. The Balaban J connectivity index is 1.29. The van der Waals surface area contributed by atoms with Crippen LogP contribution in [0.3, 0.4) is 0 Å². The lowest BCUT2D eigenvalue weighted by atomic mass is 10.1. The molecule has 5 nitrogen and oxygen atoms in total. The van der Waals surface area contributed by atoms with Gasteiger partial charge in [0.15, 0.2) is 0 Å². The molecule has 0 N–H and O–H groups in total. The smallest absolute Gasteiger partial charge is 0.223 e. The molecule has 144 valence electrons. The minimum absolute atomic E-state index is 0.0673. The normalized spacial score (nSPS) is 16.7. The number of nitrogens with zero attached hydrogens (tertiary/aromatic N) is 3. The molecule has 0 radical (unpaired) electrons. The molecule has 1 aliphatic rings. The molecular weight excluding hydrogens is 370 g/mol. The zero-order valence-electron chi connectivity index (χ0n) is 15.7. The first-order valence-corrected chi connectivity index (χ1v) is 10.5. The summed E-state index contributed by atoms with van der Waals surface area (Å²) in [5.41, 5.74) is 2.04. The highest BCUT2D eigenvalue weighted by atomic mass is 32.1. The number of benzene rings is 1. The second-order valence-corrected chi connectivity index (χ2v) is 7.77. The SMILES string of the molecule is O=C(CCc1csc(-c2ccncc2)n1)N1CCCC(Oc2ccccc2)C1. The fourth-order valence-electron chi connectivity index (χ4n) is 3.39. The van der Waals surface area contributed by atoms with Crippen LogP contribution in [0.2, 0.25) is 0 Å². The number of thiazole rings is 1. The fourth-order valence-corrected chi connectivity index (χ4v) is 4.25. The van der Waals surface area contributed by atoms with E-state index in [1.54, 1.807) is 23.7 Å². The predicted molar refractivity (Wildman–Crippen MR) is 110 cm³/mol. The number of ether oxygens (including phenoxy) is 1. The van der Waals surface area contributed by atoms with Gasteiger partial charge in [0.05, 0.1) is 12.2 Å². The third-order valence-electron chi connectivity index (χ3n) is 4.85. The lowest BCUT2D eigenvalue weighted by Gasteiger charge is -2.33. The van der Waals surface area contributed by atoms with Gasteiger partial charge in [-0.05, 0) is 43.5 Å². The molecule has 1 aromatic carbocycles. The van der Waals surface area contributed by atoms with Gasteiger partial charge in [-0.2, -0.15) is 0 Å². The first-order valence-electron chi connectivity index (χ1n) is 9.62. The van der Waals surface area contributed by atoms with E-state index in [1.165, 1.54) is 0 Å². The molecule has 1 saturated heterocycles. The van der Waals surface area contributed by atoms with E-state index in [1.807, 2.05) is 52.7 Å². The van der Waals surface area contributed by atoms with Crippen molar-refractivity contribution >= 4 is 17.2 Å². The van der Waals surface area contributed by atoms with E-state index in [0.29, 0.717) is 19.4 Å². The number of amides is 1. The highest BCUT2D eigenvalue weighted by Crippen LogP contribution is 2.24. The van der Waals surface area contributed by atoms with Gasteiger partial charge in [-0.1, -0.05) is 18.2 Å². The molecule has 6 heteroatoms. The van der Waals surface area contributed by atoms with Gasteiger partial charge in [-0.3, -0.25) is 9.78 Å². The average molecular weight is 394 g/mol. The van der Waals surface area contributed by atoms with Gasteiger partial charge in [-0.25, -0.2) is 4.98 Å². The largest absolute Gasteiger partial charge is 0.489 e. The van der Waals surface area contributed by atoms with Crippen molar-refractivity contribution in [3.63, 3.8) is 0 Å². The van der Waals surface area contributed by atoms with Crippen LogP contribution in [0.4, 0.5) is 0 Å². The van der Waals surface area contributed by atoms with Crippen LogP contribution in [-0.4, -0.2) is 40.0 Å². The number of hydrogen-bond acceptors (Lipinski definition) is 5. The Bertz CT molecular complexity index is 898. The maximum atomic E-state index is 12.7. The summed E-state index contributed by atoms with van der Waals surface area (Å²) in [6.07, 6.45) is 6.72. The maximum Gasteiger partial charge on any atom is 0.223 e. The lowest BCUT2D eigenvalue weighted by molar-refractivity contribution is -0.133. The summed E-state index contributed by atoms with van der Waals surface area (Å²) in [6, 6.07) is 13.7. The van der Waals surface area contributed by atoms with E-state index >= 15 is 0 Å². The molecule has 1 amide bonds. The van der Waals surface area contributed by atoms with Crippen molar-refractivity contribution in [2.75, 3.05) is 13.1 Å². The number of pyridine rings is 1. The highest BCUT2D eigenvalue weighted by Gasteiger charge is 2.24. The van der Waals surface area contributed by atoms with Crippen LogP contribution < -0.4 is 4.74 Å². The van der Waals surface area contributed by atoms with E-state index in [0.717, 1.165) is 41.4 Å². The highest BCUT2D eigenvalue weighted by molar-refractivity contribution is 7.13. The van der Waals surface area contributed by atoms with Crippen molar-refractivity contribution in [2.24, 2.45) is 0 Å². The second kappa shape index (κ2) is 8.97. The number of carbonyl (C=O) groups is 1. The van der Waals surface area contributed by atoms with Crippen LogP contribution in [0.25, 0.3) is 10.6 Å². The number of para-hydroxylation sites is 1. The maximum absolute atomic E-state index is 12.7. The molecular formula is C22H23N3O2S. The molecule has 1 unspecified atom stereocenters. The van der Waals surface area contributed by atoms with Crippen LogP contribution in [0.1, 0.15) is 25.0 Å². The second-order valence-electron chi connectivity index (χ2n) is 6.91. The summed E-state index contributed by atoms with van der Waals surface area (Å²) in [5, 5.41) is 3.01. The molecule has 3 heterocycles. The third-order valence-corrected chi connectivity index (χ3v) is 5.79. The Hall–Kier alpha value is -2.73. The lowest BCUT2D eigenvalue weighted by Crippen LogP contribution is -2.44. The number of aryl methyl sites for hydroxylation is 1. The van der Waals surface area contributed by atoms with Gasteiger partial charge in [0.1, 0.15) is 16.9 Å². The number of aromatic nitrogens is 2. The van der Waals surface area contributed by atoms with Gasteiger partial charge in [-0.15, -0.1) is 11.3 Å². The minimum atomic E-state index is 0.0673. The van der Waals surface area contributed by atoms with Crippen molar-refractivity contribution in [3.05, 3.63) is 65.9 Å². The monoisotopic (exact) mass is 393 g/mol. The first-order chi connectivity index (χ1) is 13.8. The summed E-state index contributed by atoms with van der Waals surface area (Å²) < 4.78 is 6.04. The summed E-state index contributed by atoms with van der Waals surface area (Å²) in [5.74, 6) is 1.05. The summed E-state index contributed by atoms with van der Waals surface area (Å²) in [4.78, 5) is 23.3. The van der Waals surface area contributed by atoms with Gasteiger partial charge in [0, 0.05) is 36.3 Å². The third kappa shape index (κ3) is 4.75. The van der Waals surface area contributed by atoms with Crippen molar-refractivity contribution < 1.29 is 9.53 Å². The van der Waals surface area contributed by atoms with Crippen molar-refractivity contribution in [1.29, 1.82) is 0 Å². The molecule has 1 aliphatic heterocycles. The molecule has 0 bridgehead atoms. The van der Waals surface area contributed by atoms with Crippen molar-refractivity contribution in [2.45, 2.75) is 31.8 Å². The fraction of sp³-hybridized carbons (Fsp3) is 0.318. The van der Waals surface area contributed by atoms with Crippen LogP contribution >= 0.6 is 11.3 Å². The van der Waals surface area contributed by atoms with Crippen LogP contribution in [0, 0.1) is 0 Å². The Morgan fingerprint density at radius 2 is 2.00 bits per heavy atom. The average Bonchev–Trinajstić information content (AvgIpc) is 3.23. The standard InChI is InChI=1S/C22H23N3O2S/c26-21(9-8-18-16-28-22(24-18)17-10-12-23-13-11-17)25-14-4-7-20(15-25)27-19-5-2-1-3-6-19/h1-3,5-6,10-13,16,20H,4,7-9,14-15H2. The van der Waals surface area contributed by atoms with Crippen LogP contribution in [-0.2, 0) is 11.2 Å². The molecule has 0 saturated carbocycles. The zero-order valence-corrected chi connectivity index (χ0v) is 16.5. The van der Waals surface area contributed by atoms with Crippen LogP contribution in [0.15, 0.2) is 60.2 Å². The van der Waals surface area contributed by atoms with E-state index in [4.69, 9.17) is 4.74 Å². The van der Waals surface area contributed by atoms with Gasteiger partial charge < -0.3 is 9.64 Å². The first kappa shape index (κ1) is 18.6.